The fourth-order valence-electron chi connectivity index (χ4n) is 6.73. The summed E-state index contributed by atoms with van der Waals surface area (Å²) in [5.41, 5.74) is 0. The summed E-state index contributed by atoms with van der Waals surface area (Å²) >= 11 is 0. The third kappa shape index (κ3) is 50.8. The second-order valence-electron chi connectivity index (χ2n) is 17.6. The zero-order valence-electron chi connectivity index (χ0n) is 44.8. The van der Waals surface area contributed by atoms with Gasteiger partial charge in [0.15, 0.2) is 6.10 Å². The lowest BCUT2D eigenvalue weighted by Crippen LogP contribution is -2.30. The van der Waals surface area contributed by atoms with Crippen LogP contribution in [0.25, 0.3) is 0 Å². The first-order chi connectivity index (χ1) is 35.2. The maximum absolute atomic E-state index is 12.9. The second-order valence-corrected chi connectivity index (χ2v) is 19.1. The van der Waals surface area contributed by atoms with Gasteiger partial charge in [-0.15, -0.1) is 0 Å². The van der Waals surface area contributed by atoms with Crippen LogP contribution in [-0.4, -0.2) is 66.5 Å². The number of carbonyl (C=O) groups excluding carboxylic acids is 3. The number of aliphatic hydroxyl groups is 1. The van der Waals surface area contributed by atoms with Crippen molar-refractivity contribution in [3.05, 3.63) is 122 Å². The van der Waals surface area contributed by atoms with Gasteiger partial charge in [0.05, 0.1) is 19.8 Å². The number of unbranched alkanes of at least 4 members (excludes halogenated alkanes) is 12. The first-order valence-corrected chi connectivity index (χ1v) is 28.9. The standard InChI is InChI=1S/C60H97O11P/c1-4-7-10-13-16-19-22-25-26-27-28-29-30-33-36-39-42-45-48-51-60(64)71-57(53-67-58(62)49-46-43-40-37-34-31-23-20-17-14-11-8-5-2)55-69-72(65,66)68-54-56(52-61)70-59(63)50-47-44-41-38-35-32-24-21-18-15-12-9-6-3/h7-8,10-12,15-17,19-21,24-26,28-29,31,33-34,36,56-57,61H,4-6,9,13-14,18,22-23,27,30,32,35,37-55H2,1-3H3,(H,65,66)/b10-7-,11-8-,15-12-,19-16-,20-17-,24-21-,26-25-,29-28-,34-31-,36-33-. The minimum atomic E-state index is -4.77. The molecule has 3 atom stereocenters. The van der Waals surface area contributed by atoms with Gasteiger partial charge in [-0.25, -0.2) is 4.57 Å². The van der Waals surface area contributed by atoms with E-state index in [1.54, 1.807) is 0 Å². The normalized spacial score (nSPS) is 14.3. The van der Waals surface area contributed by atoms with Crippen molar-refractivity contribution >= 4 is 25.7 Å². The molecule has 12 heteroatoms. The van der Waals surface area contributed by atoms with E-state index in [0.717, 1.165) is 141 Å². The maximum atomic E-state index is 12.9. The van der Waals surface area contributed by atoms with Crippen LogP contribution in [0.5, 0.6) is 0 Å². The highest BCUT2D eigenvalue weighted by atomic mass is 31.2. The molecule has 0 fully saturated rings. The summed E-state index contributed by atoms with van der Waals surface area (Å²) in [5.74, 6) is -1.57. The lowest BCUT2D eigenvalue weighted by atomic mass is 10.1. The summed E-state index contributed by atoms with van der Waals surface area (Å²) in [7, 11) is -4.77. The highest BCUT2D eigenvalue weighted by Crippen LogP contribution is 2.43. The predicted octanol–water partition coefficient (Wildman–Crippen LogP) is 16.0. The predicted molar refractivity (Wildman–Crippen MR) is 297 cm³/mol. The third-order valence-corrected chi connectivity index (χ3v) is 11.8. The monoisotopic (exact) mass is 1020 g/mol. The van der Waals surface area contributed by atoms with Crippen LogP contribution in [0.15, 0.2) is 122 Å². The summed E-state index contributed by atoms with van der Waals surface area (Å²) < 4.78 is 39.4. The summed E-state index contributed by atoms with van der Waals surface area (Å²) in [6, 6.07) is 0. The number of esters is 3. The minimum Gasteiger partial charge on any atom is -0.462 e. The van der Waals surface area contributed by atoms with E-state index < -0.39 is 57.8 Å². The molecule has 0 radical (unpaired) electrons. The molecule has 0 saturated carbocycles. The van der Waals surface area contributed by atoms with Crippen LogP contribution in [0.3, 0.4) is 0 Å². The molecule has 72 heavy (non-hydrogen) atoms. The van der Waals surface area contributed by atoms with Gasteiger partial charge in [0, 0.05) is 19.3 Å². The lowest BCUT2D eigenvalue weighted by Gasteiger charge is -2.21. The number of phosphoric acid groups is 1. The molecule has 0 aromatic rings. The van der Waals surface area contributed by atoms with Crippen molar-refractivity contribution in [2.45, 2.75) is 213 Å². The molecule has 0 aliphatic heterocycles. The Balaban J connectivity index is 4.86. The van der Waals surface area contributed by atoms with Crippen LogP contribution >= 0.6 is 7.82 Å². The molecule has 11 nitrogen and oxygen atoms in total. The molecule has 0 spiro atoms. The Hall–Kier alpha value is -4.12. The van der Waals surface area contributed by atoms with Crippen molar-refractivity contribution in [2.24, 2.45) is 0 Å². The fourth-order valence-corrected chi connectivity index (χ4v) is 7.51. The molecule has 2 N–H and O–H groups in total. The van der Waals surface area contributed by atoms with E-state index in [9.17, 15) is 28.9 Å². The SMILES string of the molecule is CC/C=C\C/C=C\C/C=C\C/C=C\C/C=C\CCCCCC(=O)OC(COC(=O)CCCCC/C=C\C/C=C\C/C=C\CC)COP(=O)(O)OCC(CO)OC(=O)CCCCCCC/C=C\C/C=C\CCC. The van der Waals surface area contributed by atoms with Crippen molar-refractivity contribution in [1.29, 1.82) is 0 Å². The van der Waals surface area contributed by atoms with Gasteiger partial charge in [-0.3, -0.25) is 23.4 Å². The Bertz CT molecular complexity index is 1670. The lowest BCUT2D eigenvalue weighted by molar-refractivity contribution is -0.161. The highest BCUT2D eigenvalue weighted by Gasteiger charge is 2.28. The van der Waals surface area contributed by atoms with E-state index >= 15 is 0 Å². The van der Waals surface area contributed by atoms with Gasteiger partial charge in [0.2, 0.25) is 0 Å². The average molecular weight is 1030 g/mol. The number of ether oxygens (including phenoxy) is 3. The zero-order valence-corrected chi connectivity index (χ0v) is 45.7. The molecule has 408 valence electrons. The van der Waals surface area contributed by atoms with E-state index in [2.05, 4.69) is 142 Å². The molecular formula is C60H97O11P. The van der Waals surface area contributed by atoms with E-state index in [1.807, 2.05) is 0 Å². The Morgan fingerprint density at radius 2 is 0.722 bits per heavy atom. The number of hydrogen-bond donors (Lipinski definition) is 2. The van der Waals surface area contributed by atoms with Crippen LogP contribution in [0.1, 0.15) is 201 Å². The van der Waals surface area contributed by atoms with Crippen molar-refractivity contribution < 1.29 is 52.2 Å². The molecular weight excluding hydrogens is 928 g/mol. The molecule has 0 saturated heterocycles. The zero-order chi connectivity index (χ0) is 52.7. The van der Waals surface area contributed by atoms with E-state index in [4.69, 9.17) is 23.3 Å². The van der Waals surface area contributed by atoms with Crippen LogP contribution in [0, 0.1) is 0 Å². The largest absolute Gasteiger partial charge is 0.472 e. The minimum absolute atomic E-state index is 0.114. The van der Waals surface area contributed by atoms with Crippen molar-refractivity contribution in [3.63, 3.8) is 0 Å². The van der Waals surface area contributed by atoms with Crippen LogP contribution in [-0.2, 0) is 42.2 Å². The molecule has 0 heterocycles. The van der Waals surface area contributed by atoms with Crippen LogP contribution in [0.2, 0.25) is 0 Å². The van der Waals surface area contributed by atoms with Gasteiger partial charge < -0.3 is 24.2 Å². The third-order valence-electron chi connectivity index (χ3n) is 10.8. The topological polar surface area (TPSA) is 155 Å². The number of allylic oxidation sites excluding steroid dienone is 20. The highest BCUT2D eigenvalue weighted by molar-refractivity contribution is 7.47. The molecule has 3 unspecified atom stereocenters. The average Bonchev–Trinajstić information content (AvgIpc) is 3.37. The molecule has 0 aliphatic carbocycles. The first-order valence-electron chi connectivity index (χ1n) is 27.4. The van der Waals surface area contributed by atoms with Gasteiger partial charge in [-0.1, -0.05) is 181 Å². The van der Waals surface area contributed by atoms with E-state index in [-0.39, 0.29) is 25.9 Å². The van der Waals surface area contributed by atoms with E-state index in [0.29, 0.717) is 19.3 Å². The summed E-state index contributed by atoms with van der Waals surface area (Å²) in [4.78, 5) is 48.4. The molecule has 0 rings (SSSR count). The molecule has 0 aliphatic rings. The van der Waals surface area contributed by atoms with Crippen molar-refractivity contribution in [1.82, 2.24) is 0 Å². The molecule has 0 aromatic carbocycles. The van der Waals surface area contributed by atoms with Crippen molar-refractivity contribution in [3.8, 4) is 0 Å². The molecule has 0 bridgehead atoms. The Kier molecular flexibility index (Phi) is 50.1. The Morgan fingerprint density at radius 3 is 1.12 bits per heavy atom. The van der Waals surface area contributed by atoms with Gasteiger partial charge in [0.1, 0.15) is 12.7 Å². The molecule has 0 aromatic heterocycles. The quantitative estimate of drug-likeness (QED) is 0.0197. The fraction of sp³-hybridized carbons (Fsp3) is 0.617. The van der Waals surface area contributed by atoms with Crippen LogP contribution in [0.4, 0.5) is 0 Å². The van der Waals surface area contributed by atoms with E-state index in [1.165, 1.54) is 0 Å². The Labute approximate surface area is 437 Å². The van der Waals surface area contributed by atoms with Crippen LogP contribution < -0.4 is 0 Å². The number of carbonyl (C=O) groups is 3. The Morgan fingerprint density at radius 1 is 0.403 bits per heavy atom. The number of rotatable bonds is 49. The molecule has 0 amide bonds. The second kappa shape index (κ2) is 53.2. The number of aliphatic hydroxyl groups excluding tert-OH is 1. The van der Waals surface area contributed by atoms with Gasteiger partial charge in [0.25, 0.3) is 0 Å². The summed E-state index contributed by atoms with van der Waals surface area (Å²) in [6.45, 7) is 4.23. The van der Waals surface area contributed by atoms with Gasteiger partial charge in [-0.05, 0) is 122 Å². The van der Waals surface area contributed by atoms with Crippen molar-refractivity contribution in [2.75, 3.05) is 26.4 Å². The number of phosphoric ester groups is 1. The summed E-state index contributed by atoms with van der Waals surface area (Å²) in [6.07, 6.45) is 64.5. The number of hydrogen-bond acceptors (Lipinski definition) is 10. The summed E-state index contributed by atoms with van der Waals surface area (Å²) in [5, 5.41) is 9.79. The smallest absolute Gasteiger partial charge is 0.462 e. The van der Waals surface area contributed by atoms with Gasteiger partial charge in [-0.2, -0.15) is 0 Å². The maximum Gasteiger partial charge on any atom is 0.472 e. The van der Waals surface area contributed by atoms with Gasteiger partial charge >= 0.3 is 25.7 Å². The first kappa shape index (κ1) is 67.9.